The van der Waals surface area contributed by atoms with E-state index < -0.39 is 0 Å². The number of benzene rings is 3. The zero-order chi connectivity index (χ0) is 16.4. The van der Waals surface area contributed by atoms with Crippen molar-refractivity contribution in [2.24, 2.45) is 0 Å². The number of hydrogen-bond acceptors (Lipinski definition) is 2. The van der Waals surface area contributed by atoms with Gasteiger partial charge in [0, 0.05) is 5.56 Å². The molecule has 118 valence electrons. The fraction of sp³-hybridized carbons (Fsp3) is 0.0476. The molecular formula is C21H15FO2. The zero-order valence-electron chi connectivity index (χ0n) is 12.9. The second-order valence-corrected chi connectivity index (χ2v) is 5.56. The molecule has 1 heterocycles. The Morgan fingerprint density at radius 1 is 0.833 bits per heavy atom. The molecular weight excluding hydrogens is 303 g/mol. The maximum Gasteiger partial charge on any atom is 0.144 e. The Kier molecular flexibility index (Phi) is 3.75. The third kappa shape index (κ3) is 2.76. The van der Waals surface area contributed by atoms with Crippen LogP contribution in [0, 0.1) is 5.82 Å². The van der Waals surface area contributed by atoms with Crippen LogP contribution in [0.25, 0.3) is 22.1 Å². The molecule has 1 aromatic heterocycles. The first kappa shape index (κ1) is 14.5. The number of fused-ring (bicyclic) bond motifs is 1. The van der Waals surface area contributed by atoms with Crippen LogP contribution in [0.4, 0.5) is 4.39 Å². The van der Waals surface area contributed by atoms with Crippen LogP contribution in [-0.4, -0.2) is 0 Å². The first-order valence-electron chi connectivity index (χ1n) is 7.74. The second kappa shape index (κ2) is 6.20. The molecule has 0 amide bonds. The van der Waals surface area contributed by atoms with Gasteiger partial charge in [-0.3, -0.25) is 0 Å². The molecule has 4 rings (SSSR count). The van der Waals surface area contributed by atoms with Crippen LogP contribution >= 0.6 is 0 Å². The predicted octanol–water partition coefficient (Wildman–Crippen LogP) is 5.82. The summed E-state index contributed by atoms with van der Waals surface area (Å²) >= 11 is 0. The van der Waals surface area contributed by atoms with Gasteiger partial charge >= 0.3 is 0 Å². The van der Waals surface area contributed by atoms with Crippen molar-refractivity contribution in [3.05, 3.63) is 90.4 Å². The number of furan rings is 1. The molecule has 4 aromatic rings. The SMILES string of the molecule is Fc1ccc(-c2ccc(OCc3ccccc3)cc2)c2occc12. The molecule has 0 bridgehead atoms. The summed E-state index contributed by atoms with van der Waals surface area (Å²) in [5, 5.41) is 0.497. The largest absolute Gasteiger partial charge is 0.489 e. The lowest BCUT2D eigenvalue weighted by Gasteiger charge is -2.08. The summed E-state index contributed by atoms with van der Waals surface area (Å²) in [6, 6.07) is 22.6. The molecule has 24 heavy (non-hydrogen) atoms. The number of ether oxygens (including phenoxy) is 1. The summed E-state index contributed by atoms with van der Waals surface area (Å²) in [5.41, 5.74) is 3.51. The van der Waals surface area contributed by atoms with Gasteiger partial charge in [-0.05, 0) is 41.5 Å². The van der Waals surface area contributed by atoms with Gasteiger partial charge in [-0.15, -0.1) is 0 Å². The number of halogens is 1. The molecule has 3 aromatic carbocycles. The summed E-state index contributed by atoms with van der Waals surface area (Å²) in [5.74, 6) is 0.519. The summed E-state index contributed by atoms with van der Waals surface area (Å²) in [6.07, 6.45) is 1.51. The van der Waals surface area contributed by atoms with Crippen molar-refractivity contribution < 1.29 is 13.5 Å². The van der Waals surface area contributed by atoms with Crippen molar-refractivity contribution in [2.75, 3.05) is 0 Å². The minimum Gasteiger partial charge on any atom is -0.489 e. The van der Waals surface area contributed by atoms with Gasteiger partial charge in [0.2, 0.25) is 0 Å². The van der Waals surface area contributed by atoms with Crippen molar-refractivity contribution in [3.8, 4) is 16.9 Å². The maximum atomic E-state index is 13.8. The Bertz CT molecular complexity index is 956. The fourth-order valence-electron chi connectivity index (χ4n) is 2.73. The van der Waals surface area contributed by atoms with Gasteiger partial charge in [0.1, 0.15) is 23.8 Å². The highest BCUT2D eigenvalue weighted by Gasteiger charge is 2.10. The molecule has 0 aliphatic rings. The second-order valence-electron chi connectivity index (χ2n) is 5.56. The lowest BCUT2D eigenvalue weighted by Crippen LogP contribution is -1.94. The van der Waals surface area contributed by atoms with Crippen LogP contribution in [0.2, 0.25) is 0 Å². The Labute approximate surface area is 139 Å². The average molecular weight is 318 g/mol. The van der Waals surface area contributed by atoms with E-state index in [-0.39, 0.29) is 5.82 Å². The highest BCUT2D eigenvalue weighted by Crippen LogP contribution is 2.32. The molecule has 0 saturated carbocycles. The van der Waals surface area contributed by atoms with Crippen LogP contribution in [0.1, 0.15) is 5.56 Å². The van der Waals surface area contributed by atoms with Crippen molar-refractivity contribution in [1.29, 1.82) is 0 Å². The Balaban J connectivity index is 1.57. The van der Waals surface area contributed by atoms with Gasteiger partial charge in [-0.25, -0.2) is 4.39 Å². The summed E-state index contributed by atoms with van der Waals surface area (Å²) in [7, 11) is 0. The van der Waals surface area contributed by atoms with Gasteiger partial charge in [0.05, 0.1) is 11.6 Å². The fourth-order valence-corrected chi connectivity index (χ4v) is 2.73. The van der Waals surface area contributed by atoms with E-state index >= 15 is 0 Å². The van der Waals surface area contributed by atoms with Gasteiger partial charge in [0.25, 0.3) is 0 Å². The summed E-state index contributed by atoms with van der Waals surface area (Å²) in [4.78, 5) is 0. The Morgan fingerprint density at radius 3 is 2.42 bits per heavy atom. The topological polar surface area (TPSA) is 22.4 Å². The van der Waals surface area contributed by atoms with Gasteiger partial charge in [-0.1, -0.05) is 42.5 Å². The normalized spacial score (nSPS) is 10.9. The third-order valence-electron chi connectivity index (χ3n) is 3.98. The van der Waals surface area contributed by atoms with E-state index in [0.717, 1.165) is 22.4 Å². The summed E-state index contributed by atoms with van der Waals surface area (Å²) < 4.78 is 25.0. The lowest BCUT2D eigenvalue weighted by molar-refractivity contribution is 0.306. The molecule has 0 aliphatic carbocycles. The highest BCUT2D eigenvalue weighted by atomic mass is 19.1. The van der Waals surface area contributed by atoms with Crippen LogP contribution in [-0.2, 0) is 6.61 Å². The van der Waals surface area contributed by atoms with E-state index in [4.69, 9.17) is 9.15 Å². The molecule has 2 nitrogen and oxygen atoms in total. The monoisotopic (exact) mass is 318 g/mol. The van der Waals surface area contributed by atoms with Crippen LogP contribution in [0.5, 0.6) is 5.75 Å². The van der Waals surface area contributed by atoms with Crippen LogP contribution in [0.15, 0.2) is 83.5 Å². The van der Waals surface area contributed by atoms with E-state index in [2.05, 4.69) is 0 Å². The molecule has 0 radical (unpaired) electrons. The number of rotatable bonds is 4. The number of hydrogen-bond donors (Lipinski definition) is 0. The van der Waals surface area contributed by atoms with E-state index in [9.17, 15) is 4.39 Å². The highest BCUT2D eigenvalue weighted by molar-refractivity contribution is 5.92. The van der Waals surface area contributed by atoms with Crippen LogP contribution < -0.4 is 4.74 Å². The Hall–Kier alpha value is -3.07. The molecule has 0 fully saturated rings. The van der Waals surface area contributed by atoms with Gasteiger partial charge < -0.3 is 9.15 Å². The molecule has 0 aliphatic heterocycles. The maximum absolute atomic E-state index is 13.8. The first-order chi connectivity index (χ1) is 11.8. The van der Waals surface area contributed by atoms with Crippen molar-refractivity contribution in [1.82, 2.24) is 0 Å². The van der Waals surface area contributed by atoms with E-state index in [1.807, 2.05) is 54.6 Å². The van der Waals surface area contributed by atoms with E-state index in [1.165, 1.54) is 12.3 Å². The lowest BCUT2D eigenvalue weighted by atomic mass is 10.0. The minimum atomic E-state index is -0.273. The minimum absolute atomic E-state index is 0.273. The van der Waals surface area contributed by atoms with Gasteiger partial charge in [-0.2, -0.15) is 0 Å². The molecule has 3 heteroatoms. The Morgan fingerprint density at radius 2 is 1.62 bits per heavy atom. The van der Waals surface area contributed by atoms with Crippen molar-refractivity contribution in [3.63, 3.8) is 0 Å². The van der Waals surface area contributed by atoms with Crippen molar-refractivity contribution in [2.45, 2.75) is 6.61 Å². The van der Waals surface area contributed by atoms with Gasteiger partial charge in [0.15, 0.2) is 0 Å². The molecule has 0 atom stereocenters. The first-order valence-corrected chi connectivity index (χ1v) is 7.74. The predicted molar refractivity (Wildman–Crippen MR) is 92.4 cm³/mol. The quantitative estimate of drug-likeness (QED) is 0.473. The molecule has 0 N–H and O–H groups in total. The zero-order valence-corrected chi connectivity index (χ0v) is 12.9. The third-order valence-corrected chi connectivity index (χ3v) is 3.98. The molecule has 0 unspecified atom stereocenters. The van der Waals surface area contributed by atoms with Crippen LogP contribution in [0.3, 0.4) is 0 Å². The van der Waals surface area contributed by atoms with E-state index in [0.29, 0.717) is 17.6 Å². The standard InChI is InChI=1S/C21H15FO2/c22-20-11-10-18(21-19(20)12-13-23-21)16-6-8-17(9-7-16)24-14-15-4-2-1-3-5-15/h1-13H,14H2. The summed E-state index contributed by atoms with van der Waals surface area (Å²) in [6.45, 7) is 0.527. The molecule has 0 spiro atoms. The smallest absolute Gasteiger partial charge is 0.144 e. The average Bonchev–Trinajstić information content (AvgIpc) is 3.13. The van der Waals surface area contributed by atoms with Crippen molar-refractivity contribution >= 4 is 11.0 Å². The van der Waals surface area contributed by atoms with E-state index in [1.54, 1.807) is 12.1 Å². The molecule has 0 saturated heterocycles.